The Balaban J connectivity index is 1.41. The van der Waals surface area contributed by atoms with Crippen molar-refractivity contribution in [2.45, 2.75) is 12.8 Å². The average Bonchev–Trinajstić information content (AvgIpc) is 3.19. The minimum Gasteiger partial charge on any atom is -0.481 e. The summed E-state index contributed by atoms with van der Waals surface area (Å²) in [5.41, 5.74) is 2.52. The monoisotopic (exact) mass is 419 g/mol. The minimum absolute atomic E-state index is 0.288. The first-order valence-corrected chi connectivity index (χ1v) is 10.4. The molecule has 0 aliphatic rings. The number of carbonyl (C=O) groups is 1. The van der Waals surface area contributed by atoms with Crippen molar-refractivity contribution in [3.63, 3.8) is 0 Å². The van der Waals surface area contributed by atoms with E-state index in [1.807, 2.05) is 42.5 Å². The number of amides is 1. The van der Waals surface area contributed by atoms with Crippen LogP contribution < -0.4 is 14.8 Å². The number of hydrogen-bond acceptors (Lipinski definition) is 6. The molecule has 2 heterocycles. The van der Waals surface area contributed by atoms with Gasteiger partial charge in [0.2, 0.25) is 11.8 Å². The Kier molecular flexibility index (Phi) is 6.20. The Labute approximate surface area is 178 Å². The summed E-state index contributed by atoms with van der Waals surface area (Å²) in [6.45, 7) is 0.494. The Morgan fingerprint density at radius 3 is 2.57 bits per heavy atom. The van der Waals surface area contributed by atoms with Crippen molar-refractivity contribution in [3.8, 4) is 11.8 Å². The molecule has 2 aromatic carbocycles. The molecule has 1 N–H and O–H groups in total. The van der Waals surface area contributed by atoms with Crippen LogP contribution in [0.5, 0.6) is 11.8 Å². The first kappa shape index (κ1) is 19.8. The fourth-order valence-corrected chi connectivity index (χ4v) is 3.84. The van der Waals surface area contributed by atoms with Crippen molar-refractivity contribution in [3.05, 3.63) is 77.9 Å². The molecule has 1 amide bonds. The van der Waals surface area contributed by atoms with E-state index >= 15 is 0 Å². The van der Waals surface area contributed by atoms with E-state index in [0.717, 1.165) is 23.1 Å². The topological polar surface area (TPSA) is 73.3 Å². The van der Waals surface area contributed by atoms with Gasteiger partial charge in [0.25, 0.3) is 5.91 Å². The number of carbonyl (C=O) groups excluding carboxylic acids is 1. The number of benzene rings is 2. The standard InChI is InChI=1S/C23H21N3O3S/c1-28-20-14-17(22(27)26-23-24-18-11-5-6-12-19(18)30-23)15-21(25-20)29-13-7-10-16-8-3-2-4-9-16/h2-6,8-9,11-12,14-15H,7,10,13H2,1H3,(H,24,26,27). The molecule has 0 saturated carbocycles. The van der Waals surface area contributed by atoms with Crippen LogP contribution in [0.25, 0.3) is 10.2 Å². The van der Waals surface area contributed by atoms with Gasteiger partial charge in [0, 0.05) is 12.1 Å². The van der Waals surface area contributed by atoms with Crippen LogP contribution in [0.4, 0.5) is 5.13 Å². The normalized spacial score (nSPS) is 10.7. The number of thiazole rings is 1. The SMILES string of the molecule is COc1cc(C(=O)Nc2nc3ccccc3s2)cc(OCCCc2ccccc2)n1. The number of aryl methyl sites for hydroxylation is 1. The molecule has 152 valence electrons. The second-order valence-electron chi connectivity index (χ2n) is 6.61. The van der Waals surface area contributed by atoms with Gasteiger partial charge in [0.1, 0.15) is 0 Å². The zero-order valence-corrected chi connectivity index (χ0v) is 17.3. The van der Waals surface area contributed by atoms with Crippen LogP contribution in [0.1, 0.15) is 22.3 Å². The minimum atomic E-state index is -0.288. The van der Waals surface area contributed by atoms with Gasteiger partial charge in [-0.15, -0.1) is 0 Å². The summed E-state index contributed by atoms with van der Waals surface area (Å²) in [6, 6.07) is 21.2. The van der Waals surface area contributed by atoms with Gasteiger partial charge < -0.3 is 9.47 Å². The maximum atomic E-state index is 12.7. The maximum Gasteiger partial charge on any atom is 0.257 e. The number of nitrogens with zero attached hydrogens (tertiary/aromatic N) is 2. The average molecular weight is 420 g/mol. The molecule has 7 heteroatoms. The summed E-state index contributed by atoms with van der Waals surface area (Å²) < 4.78 is 12.0. The molecule has 0 aliphatic carbocycles. The predicted octanol–water partition coefficient (Wildman–Crippen LogP) is 4.96. The lowest BCUT2D eigenvalue weighted by Gasteiger charge is -2.09. The molecule has 4 rings (SSSR count). The Morgan fingerprint density at radius 1 is 1.00 bits per heavy atom. The lowest BCUT2D eigenvalue weighted by atomic mass is 10.1. The van der Waals surface area contributed by atoms with Gasteiger partial charge in [-0.05, 0) is 30.5 Å². The number of fused-ring (bicyclic) bond motifs is 1. The summed E-state index contributed by atoms with van der Waals surface area (Å²) >= 11 is 1.43. The third-order valence-corrected chi connectivity index (χ3v) is 5.42. The second-order valence-corrected chi connectivity index (χ2v) is 7.65. The third kappa shape index (κ3) is 4.93. The predicted molar refractivity (Wildman–Crippen MR) is 119 cm³/mol. The molecular weight excluding hydrogens is 398 g/mol. The third-order valence-electron chi connectivity index (χ3n) is 4.47. The highest BCUT2D eigenvalue weighted by Crippen LogP contribution is 2.26. The number of rotatable bonds is 8. The summed E-state index contributed by atoms with van der Waals surface area (Å²) in [5, 5.41) is 3.39. The number of hydrogen-bond donors (Lipinski definition) is 1. The van der Waals surface area contributed by atoms with E-state index in [1.165, 1.54) is 24.0 Å². The molecule has 0 radical (unpaired) electrons. The van der Waals surface area contributed by atoms with Gasteiger partial charge in [-0.2, -0.15) is 4.98 Å². The van der Waals surface area contributed by atoms with E-state index in [-0.39, 0.29) is 5.91 Å². The molecule has 2 aromatic heterocycles. The van der Waals surface area contributed by atoms with Crippen LogP contribution in [0.2, 0.25) is 0 Å². The van der Waals surface area contributed by atoms with Gasteiger partial charge in [0.15, 0.2) is 5.13 Å². The van der Waals surface area contributed by atoms with E-state index in [9.17, 15) is 4.79 Å². The van der Waals surface area contributed by atoms with Crippen LogP contribution in [0.15, 0.2) is 66.7 Å². The number of pyridine rings is 1. The molecule has 30 heavy (non-hydrogen) atoms. The van der Waals surface area contributed by atoms with Gasteiger partial charge in [0.05, 0.1) is 29.5 Å². The smallest absolute Gasteiger partial charge is 0.257 e. The molecule has 0 spiro atoms. The number of para-hydroxylation sites is 1. The Morgan fingerprint density at radius 2 is 1.77 bits per heavy atom. The molecule has 0 unspecified atom stereocenters. The first-order valence-electron chi connectivity index (χ1n) is 9.61. The quantitative estimate of drug-likeness (QED) is 0.409. The molecule has 4 aromatic rings. The summed E-state index contributed by atoms with van der Waals surface area (Å²) in [6.07, 6.45) is 1.76. The van der Waals surface area contributed by atoms with Crippen molar-refractivity contribution >= 4 is 32.6 Å². The zero-order valence-electron chi connectivity index (χ0n) is 16.5. The summed E-state index contributed by atoms with van der Waals surface area (Å²) in [4.78, 5) is 21.5. The van der Waals surface area contributed by atoms with Crippen molar-refractivity contribution in [1.82, 2.24) is 9.97 Å². The molecule has 0 fully saturated rings. The maximum absolute atomic E-state index is 12.7. The zero-order chi connectivity index (χ0) is 20.8. The summed E-state index contributed by atoms with van der Waals surface area (Å²) in [7, 11) is 1.51. The number of anilines is 1. The molecule has 6 nitrogen and oxygen atoms in total. The molecule has 0 atom stereocenters. The van der Waals surface area contributed by atoms with Gasteiger partial charge >= 0.3 is 0 Å². The van der Waals surface area contributed by atoms with E-state index in [1.54, 1.807) is 12.1 Å². The highest BCUT2D eigenvalue weighted by molar-refractivity contribution is 7.22. The van der Waals surface area contributed by atoms with Gasteiger partial charge in [-0.25, -0.2) is 4.98 Å². The fourth-order valence-electron chi connectivity index (χ4n) is 2.98. The van der Waals surface area contributed by atoms with E-state index in [0.29, 0.717) is 29.1 Å². The number of methoxy groups -OCH3 is 1. The van der Waals surface area contributed by atoms with Crippen LogP contribution >= 0.6 is 11.3 Å². The number of nitrogens with one attached hydrogen (secondary N) is 1. The van der Waals surface area contributed by atoms with Crippen LogP contribution in [0, 0.1) is 0 Å². The van der Waals surface area contributed by atoms with Crippen molar-refractivity contribution in [2.24, 2.45) is 0 Å². The molecule has 0 saturated heterocycles. The van der Waals surface area contributed by atoms with Gasteiger partial charge in [-0.1, -0.05) is 53.8 Å². The van der Waals surface area contributed by atoms with Crippen molar-refractivity contribution in [1.29, 1.82) is 0 Å². The van der Waals surface area contributed by atoms with E-state index in [4.69, 9.17) is 9.47 Å². The highest BCUT2D eigenvalue weighted by Gasteiger charge is 2.14. The number of aromatic nitrogens is 2. The summed E-state index contributed by atoms with van der Waals surface area (Å²) in [5.74, 6) is 0.394. The number of ether oxygens (including phenoxy) is 2. The molecule has 0 aliphatic heterocycles. The first-order chi connectivity index (χ1) is 14.7. The lowest BCUT2D eigenvalue weighted by molar-refractivity contribution is 0.102. The molecular formula is C23H21N3O3S. The van der Waals surface area contributed by atoms with Crippen LogP contribution in [-0.4, -0.2) is 29.6 Å². The fraction of sp³-hybridized carbons (Fsp3) is 0.174. The highest BCUT2D eigenvalue weighted by atomic mass is 32.1. The van der Waals surface area contributed by atoms with Crippen LogP contribution in [-0.2, 0) is 6.42 Å². The van der Waals surface area contributed by atoms with Gasteiger partial charge in [-0.3, -0.25) is 10.1 Å². The lowest BCUT2D eigenvalue weighted by Crippen LogP contribution is -2.13. The largest absolute Gasteiger partial charge is 0.481 e. The Hall–Kier alpha value is -3.45. The second kappa shape index (κ2) is 9.37. The Bertz CT molecular complexity index is 1110. The van der Waals surface area contributed by atoms with Crippen LogP contribution in [0.3, 0.4) is 0 Å². The van der Waals surface area contributed by atoms with E-state index in [2.05, 4.69) is 27.4 Å². The molecule has 0 bridgehead atoms. The van der Waals surface area contributed by atoms with Crippen molar-refractivity contribution in [2.75, 3.05) is 19.0 Å². The van der Waals surface area contributed by atoms with E-state index < -0.39 is 0 Å². The van der Waals surface area contributed by atoms with Crippen molar-refractivity contribution < 1.29 is 14.3 Å².